The average molecular weight is 354 g/mol. The second-order valence-corrected chi connectivity index (χ2v) is 7.31. The summed E-state index contributed by atoms with van der Waals surface area (Å²) in [5, 5.41) is 6.42. The van der Waals surface area contributed by atoms with Crippen molar-refractivity contribution in [3.63, 3.8) is 0 Å². The molecule has 1 aromatic heterocycles. The first kappa shape index (κ1) is 20.6. The van der Waals surface area contributed by atoms with Crippen LogP contribution in [0.3, 0.4) is 0 Å². The van der Waals surface area contributed by atoms with Gasteiger partial charge in [0, 0.05) is 29.4 Å². The van der Waals surface area contributed by atoms with Crippen LogP contribution in [0.1, 0.15) is 56.2 Å². The molecule has 0 aliphatic heterocycles. The highest BCUT2D eigenvalue weighted by atomic mass is 14.9. The van der Waals surface area contributed by atoms with Gasteiger partial charge >= 0.3 is 0 Å². The lowest BCUT2D eigenvalue weighted by Crippen LogP contribution is -2.36. The molecule has 1 heterocycles. The second kappa shape index (κ2) is 11.1. The highest BCUT2D eigenvalue weighted by Gasteiger charge is 2.17. The molecule has 1 aromatic carbocycles. The summed E-state index contributed by atoms with van der Waals surface area (Å²) in [6.07, 6.45) is 8.49. The van der Waals surface area contributed by atoms with Gasteiger partial charge in [-0.15, -0.1) is 0 Å². The summed E-state index contributed by atoms with van der Waals surface area (Å²) in [5.74, 6) is 0.564. The number of nitrogens with zero attached hydrogens (tertiary/aromatic N) is 1. The van der Waals surface area contributed by atoms with Gasteiger partial charge in [-0.25, -0.2) is 0 Å². The second-order valence-electron chi connectivity index (χ2n) is 7.31. The zero-order valence-electron chi connectivity index (χ0n) is 16.9. The molecule has 1 aliphatic rings. The first-order valence-electron chi connectivity index (χ1n) is 10.0. The average Bonchev–Trinajstić information content (AvgIpc) is 2.62. The summed E-state index contributed by atoms with van der Waals surface area (Å²) in [6.45, 7) is 5.50. The van der Waals surface area contributed by atoms with E-state index in [0.717, 1.165) is 19.0 Å². The van der Waals surface area contributed by atoms with Crippen molar-refractivity contribution in [1.29, 1.82) is 0 Å². The van der Waals surface area contributed by atoms with Crippen LogP contribution in [0.5, 0.6) is 0 Å². The van der Waals surface area contributed by atoms with Crippen molar-refractivity contribution in [1.82, 2.24) is 15.6 Å². The van der Waals surface area contributed by atoms with Crippen LogP contribution >= 0.6 is 0 Å². The van der Waals surface area contributed by atoms with E-state index < -0.39 is 0 Å². The molecule has 0 radical (unpaired) electrons. The van der Waals surface area contributed by atoms with Crippen molar-refractivity contribution >= 4 is 0 Å². The van der Waals surface area contributed by atoms with E-state index in [1.54, 1.807) is 0 Å². The van der Waals surface area contributed by atoms with Crippen molar-refractivity contribution in [2.24, 2.45) is 0 Å². The fourth-order valence-electron chi connectivity index (χ4n) is 3.20. The third-order valence-corrected chi connectivity index (χ3v) is 5.11. The normalized spacial score (nSPS) is 14.9. The van der Waals surface area contributed by atoms with E-state index in [2.05, 4.69) is 60.9 Å². The van der Waals surface area contributed by atoms with Crippen LogP contribution in [-0.4, -0.2) is 31.7 Å². The molecule has 3 rings (SSSR count). The standard InChI is InChI=1S/C21H28N2.C2H7N/c1-3-17(13-14-22-20-5-4-6-20)21-12-11-19(15-23-21)18-9-7-16(2)8-10-18;1-3-2/h7-12,15,17,20,22H,3-6,13-14H2,1-2H3;3H,1-2H3. The number of pyridine rings is 1. The van der Waals surface area contributed by atoms with E-state index >= 15 is 0 Å². The first-order chi connectivity index (χ1) is 12.7. The maximum atomic E-state index is 4.75. The third kappa shape index (κ3) is 6.22. The first-order valence-corrected chi connectivity index (χ1v) is 10.0. The predicted octanol–water partition coefficient (Wildman–Crippen LogP) is 4.92. The lowest BCUT2D eigenvalue weighted by atomic mass is 9.92. The molecule has 142 valence electrons. The summed E-state index contributed by atoms with van der Waals surface area (Å²) in [7, 11) is 3.75. The van der Waals surface area contributed by atoms with Gasteiger partial charge < -0.3 is 10.6 Å². The van der Waals surface area contributed by atoms with Crippen LogP contribution < -0.4 is 10.6 Å². The van der Waals surface area contributed by atoms with Crippen LogP contribution in [0, 0.1) is 6.92 Å². The molecular weight excluding hydrogens is 318 g/mol. The van der Waals surface area contributed by atoms with Gasteiger partial charge in [-0.1, -0.05) is 49.2 Å². The molecule has 1 fully saturated rings. The molecule has 1 saturated carbocycles. The Labute approximate surface area is 159 Å². The largest absolute Gasteiger partial charge is 0.323 e. The number of nitrogens with one attached hydrogen (secondary N) is 2. The predicted molar refractivity (Wildman–Crippen MR) is 113 cm³/mol. The maximum absolute atomic E-state index is 4.75. The highest BCUT2D eigenvalue weighted by Crippen LogP contribution is 2.25. The van der Waals surface area contributed by atoms with Gasteiger partial charge in [-0.2, -0.15) is 0 Å². The summed E-state index contributed by atoms with van der Waals surface area (Å²) in [6, 6.07) is 13.9. The number of rotatable bonds is 7. The van der Waals surface area contributed by atoms with E-state index in [-0.39, 0.29) is 0 Å². The van der Waals surface area contributed by atoms with Crippen LogP contribution in [-0.2, 0) is 0 Å². The summed E-state index contributed by atoms with van der Waals surface area (Å²) < 4.78 is 0. The minimum absolute atomic E-state index is 0.564. The van der Waals surface area contributed by atoms with E-state index in [1.165, 1.54) is 48.1 Å². The number of aromatic nitrogens is 1. The summed E-state index contributed by atoms with van der Waals surface area (Å²) >= 11 is 0. The lowest BCUT2D eigenvalue weighted by Gasteiger charge is -2.27. The van der Waals surface area contributed by atoms with Crippen LogP contribution in [0.25, 0.3) is 11.1 Å². The monoisotopic (exact) mass is 353 g/mol. The van der Waals surface area contributed by atoms with Gasteiger partial charge in [0.2, 0.25) is 0 Å². The molecule has 1 atom stereocenters. The fraction of sp³-hybridized carbons (Fsp3) is 0.522. The third-order valence-electron chi connectivity index (χ3n) is 5.11. The molecule has 3 nitrogen and oxygen atoms in total. The van der Waals surface area contributed by atoms with Gasteiger partial charge in [0.05, 0.1) is 0 Å². The highest BCUT2D eigenvalue weighted by molar-refractivity contribution is 5.62. The van der Waals surface area contributed by atoms with Gasteiger partial charge in [-0.05, 0) is 64.9 Å². The van der Waals surface area contributed by atoms with Gasteiger partial charge in [0.15, 0.2) is 0 Å². The molecule has 0 spiro atoms. The zero-order chi connectivity index (χ0) is 18.8. The molecule has 1 unspecified atom stereocenters. The van der Waals surface area contributed by atoms with Crippen LogP contribution in [0.15, 0.2) is 42.6 Å². The molecular formula is C23H35N3. The number of hydrogen-bond acceptors (Lipinski definition) is 3. The molecule has 2 N–H and O–H groups in total. The molecule has 0 amide bonds. The van der Waals surface area contributed by atoms with Gasteiger partial charge in [0.1, 0.15) is 0 Å². The molecule has 0 bridgehead atoms. The topological polar surface area (TPSA) is 37.0 Å². The SMILES string of the molecule is CCC(CCNC1CCC1)c1ccc(-c2ccc(C)cc2)cn1.CNC. The van der Waals surface area contributed by atoms with Crippen molar-refractivity contribution in [2.75, 3.05) is 20.6 Å². The molecule has 2 aromatic rings. The quantitative estimate of drug-likeness (QED) is 0.742. The molecule has 1 aliphatic carbocycles. The van der Waals surface area contributed by atoms with Gasteiger partial charge in [-0.3, -0.25) is 4.98 Å². The maximum Gasteiger partial charge on any atom is 0.0435 e. The Balaban J connectivity index is 0.000000758. The zero-order valence-corrected chi connectivity index (χ0v) is 16.9. The molecule has 0 saturated heterocycles. The lowest BCUT2D eigenvalue weighted by molar-refractivity contribution is 0.333. The fourth-order valence-corrected chi connectivity index (χ4v) is 3.20. The minimum Gasteiger partial charge on any atom is -0.323 e. The van der Waals surface area contributed by atoms with Crippen LogP contribution in [0.4, 0.5) is 0 Å². The molecule has 3 heteroatoms. The summed E-state index contributed by atoms with van der Waals surface area (Å²) in [4.78, 5) is 4.75. The van der Waals surface area contributed by atoms with Gasteiger partial charge in [0.25, 0.3) is 0 Å². The Bertz CT molecular complexity index is 615. The minimum atomic E-state index is 0.564. The van der Waals surface area contributed by atoms with Crippen molar-refractivity contribution in [3.05, 3.63) is 53.9 Å². The number of aryl methyl sites for hydroxylation is 1. The van der Waals surface area contributed by atoms with E-state index in [4.69, 9.17) is 4.98 Å². The van der Waals surface area contributed by atoms with E-state index in [9.17, 15) is 0 Å². The Kier molecular flexibility index (Phi) is 8.79. The van der Waals surface area contributed by atoms with Crippen molar-refractivity contribution in [2.45, 2.75) is 57.9 Å². The molecule has 26 heavy (non-hydrogen) atoms. The Morgan fingerprint density at radius 1 is 1.04 bits per heavy atom. The van der Waals surface area contributed by atoms with Crippen molar-refractivity contribution in [3.8, 4) is 11.1 Å². The summed E-state index contributed by atoms with van der Waals surface area (Å²) in [5.41, 5.74) is 4.98. The number of benzene rings is 1. The smallest absolute Gasteiger partial charge is 0.0435 e. The van der Waals surface area contributed by atoms with Crippen molar-refractivity contribution < 1.29 is 0 Å². The van der Waals surface area contributed by atoms with Crippen LogP contribution in [0.2, 0.25) is 0 Å². The number of hydrogen-bond donors (Lipinski definition) is 2. The Morgan fingerprint density at radius 3 is 2.19 bits per heavy atom. The Morgan fingerprint density at radius 2 is 1.69 bits per heavy atom. The van der Waals surface area contributed by atoms with E-state index in [0.29, 0.717) is 5.92 Å². The Hall–Kier alpha value is -1.71. The van der Waals surface area contributed by atoms with E-state index in [1.807, 2.05) is 20.3 Å².